The van der Waals surface area contributed by atoms with Gasteiger partial charge in [0, 0.05) is 14.2 Å². The van der Waals surface area contributed by atoms with E-state index in [4.69, 9.17) is 13.8 Å². The minimum absolute atomic E-state index is 0.326. The fourth-order valence-corrected chi connectivity index (χ4v) is 2.62. The van der Waals surface area contributed by atoms with Gasteiger partial charge >= 0.3 is 7.60 Å². The molecule has 0 saturated carbocycles. The van der Waals surface area contributed by atoms with Gasteiger partial charge in [-0.25, -0.2) is 0 Å². The molecule has 0 bridgehead atoms. The van der Waals surface area contributed by atoms with Crippen LogP contribution in [0.3, 0.4) is 0 Å². The lowest BCUT2D eigenvalue weighted by atomic mass is 10.2. The van der Waals surface area contributed by atoms with E-state index in [0.29, 0.717) is 6.61 Å². The Morgan fingerprint density at radius 2 is 1.78 bits per heavy atom. The molecule has 1 aromatic rings. The molecule has 0 fully saturated rings. The van der Waals surface area contributed by atoms with E-state index in [2.05, 4.69) is 0 Å². The monoisotopic (exact) mass is 274 g/mol. The zero-order valence-electron chi connectivity index (χ0n) is 10.8. The van der Waals surface area contributed by atoms with Crippen molar-refractivity contribution in [3.8, 4) is 0 Å². The summed E-state index contributed by atoms with van der Waals surface area (Å²) in [6.07, 6.45) is -0.657. The van der Waals surface area contributed by atoms with Crippen LogP contribution in [0.2, 0.25) is 0 Å². The molecule has 0 unspecified atom stereocenters. The average Bonchev–Trinajstić information content (AvgIpc) is 2.44. The molecule has 102 valence electrons. The second-order valence-corrected chi connectivity index (χ2v) is 6.16. The highest BCUT2D eigenvalue weighted by atomic mass is 31.2. The Balaban J connectivity index is 2.55. The number of hydrogen-bond donors (Lipinski definition) is 1. The van der Waals surface area contributed by atoms with E-state index in [0.717, 1.165) is 5.56 Å². The zero-order valence-corrected chi connectivity index (χ0v) is 11.7. The number of aliphatic hydroxyl groups excluding tert-OH is 1. The van der Waals surface area contributed by atoms with Crippen LogP contribution in [0.5, 0.6) is 0 Å². The summed E-state index contributed by atoms with van der Waals surface area (Å²) in [7, 11) is -1.05. The maximum atomic E-state index is 11.9. The first-order valence-electron chi connectivity index (χ1n) is 5.58. The molecule has 0 radical (unpaired) electrons. The molecule has 1 N–H and O–H groups in total. The normalized spacial score (nSPS) is 15.3. The van der Waals surface area contributed by atoms with Gasteiger partial charge in [-0.05, 0) is 12.5 Å². The number of benzene rings is 1. The lowest BCUT2D eigenvalue weighted by molar-refractivity contribution is -0.0139. The summed E-state index contributed by atoms with van der Waals surface area (Å²) in [6.45, 7) is 1.95. The van der Waals surface area contributed by atoms with Crippen molar-refractivity contribution in [3.63, 3.8) is 0 Å². The second kappa shape index (κ2) is 7.02. The van der Waals surface area contributed by atoms with E-state index in [1.54, 1.807) is 6.92 Å². The average molecular weight is 274 g/mol. The molecule has 18 heavy (non-hydrogen) atoms. The minimum Gasteiger partial charge on any atom is -0.378 e. The van der Waals surface area contributed by atoms with Gasteiger partial charge in [0.25, 0.3) is 0 Å². The van der Waals surface area contributed by atoms with Crippen molar-refractivity contribution in [2.24, 2.45) is 0 Å². The Hall–Kier alpha value is -0.710. The van der Waals surface area contributed by atoms with Crippen LogP contribution in [0, 0.1) is 0 Å². The Morgan fingerprint density at radius 1 is 1.22 bits per heavy atom. The van der Waals surface area contributed by atoms with Crippen LogP contribution in [0.4, 0.5) is 0 Å². The maximum absolute atomic E-state index is 11.9. The van der Waals surface area contributed by atoms with Crippen molar-refractivity contribution in [1.82, 2.24) is 0 Å². The lowest BCUT2D eigenvalue weighted by Crippen LogP contribution is -2.27. The Kier molecular flexibility index (Phi) is 5.99. The summed E-state index contributed by atoms with van der Waals surface area (Å²) in [6, 6.07) is 9.52. The number of ether oxygens (including phenoxy) is 1. The number of hydrogen-bond acceptors (Lipinski definition) is 5. The van der Waals surface area contributed by atoms with Crippen molar-refractivity contribution < 1.29 is 23.5 Å². The van der Waals surface area contributed by atoms with Crippen molar-refractivity contribution in [2.45, 2.75) is 25.5 Å². The molecule has 0 amide bonds. The first-order chi connectivity index (χ1) is 8.53. The van der Waals surface area contributed by atoms with Crippen LogP contribution in [0.1, 0.15) is 12.5 Å². The maximum Gasteiger partial charge on any atom is 0.361 e. The first kappa shape index (κ1) is 15.3. The summed E-state index contributed by atoms with van der Waals surface area (Å²) in [5, 5.41) is 9.88. The summed E-state index contributed by atoms with van der Waals surface area (Å²) >= 11 is 0. The molecule has 0 aliphatic carbocycles. The van der Waals surface area contributed by atoms with Gasteiger partial charge in [0.15, 0.2) is 5.85 Å². The highest BCUT2D eigenvalue weighted by molar-refractivity contribution is 7.54. The highest BCUT2D eigenvalue weighted by Gasteiger charge is 2.37. The van der Waals surface area contributed by atoms with Gasteiger partial charge in [0.2, 0.25) is 0 Å². The molecule has 6 heteroatoms. The second-order valence-electron chi connectivity index (χ2n) is 3.82. The van der Waals surface area contributed by atoms with Gasteiger partial charge in [0.05, 0.1) is 12.7 Å². The highest BCUT2D eigenvalue weighted by Crippen LogP contribution is 2.52. The van der Waals surface area contributed by atoms with Crippen molar-refractivity contribution in [1.29, 1.82) is 0 Å². The molecule has 2 atom stereocenters. The van der Waals surface area contributed by atoms with Gasteiger partial charge in [-0.15, -0.1) is 0 Å². The third-order valence-corrected chi connectivity index (χ3v) is 4.69. The van der Waals surface area contributed by atoms with E-state index in [1.807, 2.05) is 30.3 Å². The first-order valence-corrected chi connectivity index (χ1v) is 7.19. The largest absolute Gasteiger partial charge is 0.378 e. The molecular weight excluding hydrogens is 255 g/mol. The number of rotatable bonds is 7. The fraction of sp³-hybridized carbons (Fsp3) is 0.500. The molecule has 5 nitrogen and oxygen atoms in total. The lowest BCUT2D eigenvalue weighted by Gasteiger charge is -2.24. The third-order valence-electron chi connectivity index (χ3n) is 2.61. The third kappa shape index (κ3) is 3.90. The smallest absolute Gasteiger partial charge is 0.361 e. The van der Waals surface area contributed by atoms with Crippen LogP contribution >= 0.6 is 7.60 Å². The van der Waals surface area contributed by atoms with E-state index in [9.17, 15) is 9.67 Å². The molecule has 0 heterocycles. The fourth-order valence-electron chi connectivity index (χ4n) is 1.44. The van der Waals surface area contributed by atoms with E-state index in [-0.39, 0.29) is 0 Å². The molecular formula is C12H19O5P. The summed E-state index contributed by atoms with van der Waals surface area (Å²) in [4.78, 5) is 0. The van der Waals surface area contributed by atoms with Gasteiger partial charge in [-0.1, -0.05) is 30.3 Å². The topological polar surface area (TPSA) is 65.0 Å². The molecule has 1 rings (SSSR count). The van der Waals surface area contributed by atoms with Crippen molar-refractivity contribution in [2.75, 3.05) is 14.2 Å². The van der Waals surface area contributed by atoms with Gasteiger partial charge in [-0.2, -0.15) is 0 Å². The molecule has 0 aliphatic rings. The summed E-state index contributed by atoms with van der Waals surface area (Å²) in [5.74, 6) is -1.31. The van der Waals surface area contributed by atoms with Crippen molar-refractivity contribution in [3.05, 3.63) is 35.9 Å². The summed E-state index contributed by atoms with van der Waals surface area (Å²) < 4.78 is 26.8. The molecule has 0 aromatic heterocycles. The standard InChI is InChI=1S/C12H19O5P/c1-10(12(13)18(14,15-2)16-3)17-9-11-7-5-4-6-8-11/h4-8,10,12-13H,9H2,1-3H3/t10-,12-/m0/s1. The minimum atomic E-state index is -3.52. The van der Waals surface area contributed by atoms with Crippen molar-refractivity contribution >= 4 is 7.60 Å². The van der Waals surface area contributed by atoms with E-state index in [1.165, 1.54) is 14.2 Å². The van der Waals surface area contributed by atoms with Gasteiger partial charge in [-0.3, -0.25) is 4.57 Å². The number of aliphatic hydroxyl groups is 1. The van der Waals surface area contributed by atoms with Gasteiger partial charge < -0.3 is 18.9 Å². The molecule has 0 saturated heterocycles. The van der Waals surface area contributed by atoms with Gasteiger partial charge in [0.1, 0.15) is 0 Å². The Bertz CT molecular complexity index is 387. The van der Waals surface area contributed by atoms with Crippen LogP contribution in [0.15, 0.2) is 30.3 Å². The van der Waals surface area contributed by atoms with Crippen LogP contribution in [-0.4, -0.2) is 31.3 Å². The Morgan fingerprint density at radius 3 is 2.28 bits per heavy atom. The molecule has 0 spiro atoms. The predicted octanol–water partition coefficient (Wildman–Crippen LogP) is 2.40. The predicted molar refractivity (Wildman–Crippen MR) is 68.3 cm³/mol. The Labute approximate surface area is 107 Å². The molecule has 0 aliphatic heterocycles. The van der Waals surface area contributed by atoms with Crippen LogP contribution < -0.4 is 0 Å². The van der Waals surface area contributed by atoms with Crippen LogP contribution in [0.25, 0.3) is 0 Å². The zero-order chi connectivity index (χ0) is 13.6. The van der Waals surface area contributed by atoms with E-state index >= 15 is 0 Å². The van der Waals surface area contributed by atoms with Crippen LogP contribution in [-0.2, 0) is 25.0 Å². The summed E-state index contributed by atoms with van der Waals surface area (Å²) in [5.41, 5.74) is 0.973. The molecule has 1 aromatic carbocycles. The quantitative estimate of drug-likeness (QED) is 0.773. The SMILES string of the molecule is COP(=O)(OC)[C@H](O)[C@H](C)OCc1ccccc1. The van der Waals surface area contributed by atoms with E-state index < -0.39 is 19.5 Å².